The van der Waals surface area contributed by atoms with Gasteiger partial charge in [0.15, 0.2) is 23.0 Å². The highest BCUT2D eigenvalue weighted by molar-refractivity contribution is 5.85. The molecule has 6 heteroatoms. The van der Waals surface area contributed by atoms with Crippen LogP contribution in [0.1, 0.15) is 5.56 Å². The van der Waals surface area contributed by atoms with Gasteiger partial charge in [-0.1, -0.05) is 18.2 Å². The van der Waals surface area contributed by atoms with Gasteiger partial charge in [0.05, 0.1) is 14.2 Å². The number of rotatable bonds is 9. The molecule has 0 aliphatic carbocycles. The van der Waals surface area contributed by atoms with E-state index in [4.69, 9.17) is 24.1 Å². The van der Waals surface area contributed by atoms with Crippen LogP contribution < -0.4 is 18.9 Å². The summed E-state index contributed by atoms with van der Waals surface area (Å²) in [4.78, 5) is 10.6. The Morgan fingerprint density at radius 2 is 1.52 bits per heavy atom. The number of hydrogen-bond donors (Lipinski definition) is 1. The number of carbonyl (C=O) groups is 1. The van der Waals surface area contributed by atoms with Crippen LogP contribution in [0.15, 0.2) is 48.5 Å². The zero-order valence-electron chi connectivity index (χ0n) is 14.1. The van der Waals surface area contributed by atoms with Gasteiger partial charge < -0.3 is 24.1 Å². The molecule has 2 aromatic carbocycles. The molecule has 0 radical (unpaired) electrons. The van der Waals surface area contributed by atoms with E-state index in [2.05, 4.69) is 0 Å². The van der Waals surface area contributed by atoms with Crippen molar-refractivity contribution in [2.75, 3.05) is 27.4 Å². The molecule has 6 nitrogen and oxygen atoms in total. The van der Waals surface area contributed by atoms with E-state index in [0.717, 1.165) is 6.08 Å². The maximum atomic E-state index is 10.6. The van der Waals surface area contributed by atoms with E-state index in [1.54, 1.807) is 25.3 Å². The fourth-order valence-corrected chi connectivity index (χ4v) is 2.12. The zero-order chi connectivity index (χ0) is 18.1. The van der Waals surface area contributed by atoms with Crippen LogP contribution in [0.25, 0.3) is 6.08 Å². The molecule has 0 unspecified atom stereocenters. The van der Waals surface area contributed by atoms with E-state index >= 15 is 0 Å². The molecule has 0 aromatic heterocycles. The van der Waals surface area contributed by atoms with Gasteiger partial charge in [0.2, 0.25) is 0 Å². The predicted octanol–water partition coefficient (Wildman–Crippen LogP) is 3.26. The minimum Gasteiger partial charge on any atom is -0.493 e. The SMILES string of the molecule is COc1ccccc1OCCOc1ccc(C=CC(=O)O)cc1OC. The molecule has 132 valence electrons. The number of hydrogen-bond acceptors (Lipinski definition) is 5. The van der Waals surface area contributed by atoms with Crippen molar-refractivity contribution in [2.24, 2.45) is 0 Å². The summed E-state index contributed by atoms with van der Waals surface area (Å²) in [6.45, 7) is 0.656. The molecule has 0 atom stereocenters. The topological polar surface area (TPSA) is 74.2 Å². The lowest BCUT2D eigenvalue weighted by Gasteiger charge is -2.13. The van der Waals surface area contributed by atoms with Crippen LogP contribution in [-0.4, -0.2) is 38.5 Å². The monoisotopic (exact) mass is 344 g/mol. The van der Waals surface area contributed by atoms with Crippen LogP contribution in [0.2, 0.25) is 0 Å². The summed E-state index contributed by atoms with van der Waals surface area (Å²) in [5, 5.41) is 8.66. The van der Waals surface area contributed by atoms with E-state index in [1.165, 1.54) is 13.2 Å². The van der Waals surface area contributed by atoms with Crippen molar-refractivity contribution in [1.82, 2.24) is 0 Å². The molecular weight excluding hydrogens is 324 g/mol. The number of carboxylic acid groups (broad SMARTS) is 1. The van der Waals surface area contributed by atoms with Gasteiger partial charge in [0.1, 0.15) is 13.2 Å². The molecule has 0 saturated heterocycles. The molecule has 2 aromatic rings. The van der Waals surface area contributed by atoms with E-state index < -0.39 is 5.97 Å². The highest BCUT2D eigenvalue weighted by atomic mass is 16.5. The molecule has 25 heavy (non-hydrogen) atoms. The summed E-state index contributed by atoms with van der Waals surface area (Å²) in [5.74, 6) is 1.38. The maximum absolute atomic E-state index is 10.6. The van der Waals surface area contributed by atoms with Gasteiger partial charge in [-0.05, 0) is 35.9 Å². The second-order valence-electron chi connectivity index (χ2n) is 4.93. The van der Waals surface area contributed by atoms with Gasteiger partial charge in [-0.3, -0.25) is 0 Å². The van der Waals surface area contributed by atoms with E-state index in [1.807, 2.05) is 24.3 Å². The van der Waals surface area contributed by atoms with Crippen molar-refractivity contribution in [3.8, 4) is 23.0 Å². The lowest BCUT2D eigenvalue weighted by molar-refractivity contribution is -0.131. The Hall–Kier alpha value is -3.15. The second kappa shape index (κ2) is 9.22. The summed E-state index contributed by atoms with van der Waals surface area (Å²) < 4.78 is 21.8. The molecule has 0 aliphatic rings. The molecule has 1 N–H and O–H groups in total. The van der Waals surface area contributed by atoms with E-state index in [0.29, 0.717) is 41.8 Å². The molecule has 0 amide bonds. The van der Waals surface area contributed by atoms with Crippen LogP contribution in [0.5, 0.6) is 23.0 Å². The van der Waals surface area contributed by atoms with Gasteiger partial charge >= 0.3 is 5.97 Å². The third kappa shape index (κ3) is 5.46. The summed E-state index contributed by atoms with van der Waals surface area (Å²) in [6, 6.07) is 12.6. The molecule has 0 bridgehead atoms. The van der Waals surface area contributed by atoms with Gasteiger partial charge in [-0.25, -0.2) is 4.79 Å². The Kier molecular flexibility index (Phi) is 6.71. The first kappa shape index (κ1) is 18.2. The summed E-state index contributed by atoms with van der Waals surface area (Å²) in [6.07, 6.45) is 2.55. The molecule has 0 fully saturated rings. The molecule has 0 saturated carbocycles. The Labute approximate surface area is 146 Å². The molecule has 0 spiro atoms. The largest absolute Gasteiger partial charge is 0.493 e. The van der Waals surface area contributed by atoms with Gasteiger partial charge in [0, 0.05) is 6.08 Å². The smallest absolute Gasteiger partial charge is 0.328 e. The van der Waals surface area contributed by atoms with Crippen molar-refractivity contribution >= 4 is 12.0 Å². The van der Waals surface area contributed by atoms with Crippen LogP contribution in [0.3, 0.4) is 0 Å². The first-order valence-electron chi connectivity index (χ1n) is 7.61. The van der Waals surface area contributed by atoms with E-state index in [9.17, 15) is 4.79 Å². The lowest BCUT2D eigenvalue weighted by atomic mass is 10.2. The Morgan fingerprint density at radius 1 is 0.920 bits per heavy atom. The first-order chi connectivity index (χ1) is 12.1. The zero-order valence-corrected chi connectivity index (χ0v) is 14.1. The normalized spacial score (nSPS) is 10.5. The van der Waals surface area contributed by atoms with Crippen LogP contribution in [-0.2, 0) is 4.79 Å². The fourth-order valence-electron chi connectivity index (χ4n) is 2.12. The average molecular weight is 344 g/mol. The van der Waals surface area contributed by atoms with Crippen molar-refractivity contribution in [3.63, 3.8) is 0 Å². The van der Waals surface area contributed by atoms with Crippen LogP contribution in [0, 0.1) is 0 Å². The maximum Gasteiger partial charge on any atom is 0.328 e. The first-order valence-corrected chi connectivity index (χ1v) is 7.61. The van der Waals surface area contributed by atoms with Crippen molar-refractivity contribution in [2.45, 2.75) is 0 Å². The molecule has 0 heterocycles. The highest BCUT2D eigenvalue weighted by Gasteiger charge is 2.06. The fraction of sp³-hybridized carbons (Fsp3) is 0.211. The standard InChI is InChI=1S/C19H20O6/c1-22-15-5-3-4-6-16(15)24-11-12-25-17-9-7-14(8-10-19(20)21)13-18(17)23-2/h3-10,13H,11-12H2,1-2H3,(H,20,21). The second-order valence-corrected chi connectivity index (χ2v) is 4.93. The summed E-state index contributed by atoms with van der Waals surface area (Å²) >= 11 is 0. The average Bonchev–Trinajstić information content (AvgIpc) is 2.64. The van der Waals surface area contributed by atoms with Gasteiger partial charge in [0.25, 0.3) is 0 Å². The molecule has 0 aliphatic heterocycles. The minimum absolute atomic E-state index is 0.318. The molecule has 2 rings (SSSR count). The lowest BCUT2D eigenvalue weighted by Crippen LogP contribution is -2.10. The summed E-state index contributed by atoms with van der Waals surface area (Å²) in [5.41, 5.74) is 0.705. The number of ether oxygens (including phenoxy) is 4. The Bertz CT molecular complexity index is 738. The van der Waals surface area contributed by atoms with Gasteiger partial charge in [-0.15, -0.1) is 0 Å². The Morgan fingerprint density at radius 3 is 2.12 bits per heavy atom. The number of carboxylic acids is 1. The third-order valence-electron chi connectivity index (χ3n) is 3.27. The van der Waals surface area contributed by atoms with Crippen molar-refractivity contribution in [1.29, 1.82) is 0 Å². The van der Waals surface area contributed by atoms with Gasteiger partial charge in [-0.2, -0.15) is 0 Å². The molecular formula is C19H20O6. The predicted molar refractivity (Wildman–Crippen MR) is 93.6 cm³/mol. The Balaban J connectivity index is 1.93. The number of benzene rings is 2. The quantitative estimate of drug-likeness (QED) is 0.556. The van der Waals surface area contributed by atoms with Crippen molar-refractivity contribution < 1.29 is 28.8 Å². The van der Waals surface area contributed by atoms with Crippen LogP contribution >= 0.6 is 0 Å². The minimum atomic E-state index is -1.01. The number of methoxy groups -OCH3 is 2. The summed E-state index contributed by atoms with van der Waals surface area (Å²) in [7, 11) is 3.11. The van der Waals surface area contributed by atoms with Crippen LogP contribution in [0.4, 0.5) is 0 Å². The number of aliphatic carboxylic acids is 1. The van der Waals surface area contributed by atoms with E-state index in [-0.39, 0.29) is 0 Å². The number of para-hydroxylation sites is 2. The highest BCUT2D eigenvalue weighted by Crippen LogP contribution is 2.29. The van der Waals surface area contributed by atoms with Crippen molar-refractivity contribution in [3.05, 3.63) is 54.1 Å². The third-order valence-corrected chi connectivity index (χ3v) is 3.27.